The molecule has 0 aliphatic carbocycles. The standard InChI is InChI=1S/C15H19N3O/c1-2-7-14-13(6-1)15(16-19-14)18-10-9-17-8-4-3-5-12(17)11-18/h1-2,6-7,12H,3-5,8-11H2/t12-/m0/s1. The molecule has 1 atom stereocenters. The molecule has 1 aromatic carbocycles. The quantitative estimate of drug-likeness (QED) is 0.786. The molecule has 2 saturated heterocycles. The molecule has 0 saturated carbocycles. The fourth-order valence-electron chi connectivity index (χ4n) is 3.45. The van der Waals surface area contributed by atoms with Crippen molar-refractivity contribution in [3.63, 3.8) is 0 Å². The molecule has 3 heterocycles. The first-order chi connectivity index (χ1) is 9.42. The highest BCUT2D eigenvalue weighted by Gasteiger charge is 2.30. The normalized spacial score (nSPS) is 24.6. The van der Waals surface area contributed by atoms with Crippen molar-refractivity contribution in [3.8, 4) is 0 Å². The number of hydrogen-bond acceptors (Lipinski definition) is 4. The first-order valence-electron chi connectivity index (χ1n) is 7.25. The van der Waals surface area contributed by atoms with Gasteiger partial charge in [0.15, 0.2) is 11.4 Å². The van der Waals surface area contributed by atoms with Gasteiger partial charge in [-0.05, 0) is 31.5 Å². The second-order valence-corrected chi connectivity index (χ2v) is 5.63. The zero-order valence-electron chi connectivity index (χ0n) is 11.1. The lowest BCUT2D eigenvalue weighted by Gasteiger charge is -2.44. The summed E-state index contributed by atoms with van der Waals surface area (Å²) in [4.78, 5) is 5.04. The van der Waals surface area contributed by atoms with Crippen LogP contribution in [0.3, 0.4) is 0 Å². The molecule has 2 aliphatic rings. The third-order valence-corrected chi connectivity index (χ3v) is 4.50. The lowest BCUT2D eigenvalue weighted by Crippen LogP contribution is -2.55. The van der Waals surface area contributed by atoms with Crippen LogP contribution in [0.5, 0.6) is 0 Å². The number of piperazine rings is 1. The average molecular weight is 257 g/mol. The van der Waals surface area contributed by atoms with Crippen LogP contribution < -0.4 is 4.90 Å². The Morgan fingerprint density at radius 3 is 3.05 bits per heavy atom. The molecule has 100 valence electrons. The number of rotatable bonds is 1. The van der Waals surface area contributed by atoms with Crippen LogP contribution in [0.25, 0.3) is 11.0 Å². The van der Waals surface area contributed by atoms with E-state index in [2.05, 4.69) is 27.1 Å². The van der Waals surface area contributed by atoms with Crippen LogP contribution in [0.1, 0.15) is 19.3 Å². The molecule has 19 heavy (non-hydrogen) atoms. The lowest BCUT2D eigenvalue weighted by molar-refractivity contribution is 0.133. The first kappa shape index (κ1) is 11.3. The van der Waals surface area contributed by atoms with Crippen molar-refractivity contribution >= 4 is 16.8 Å². The molecule has 0 amide bonds. The number of piperidine rings is 1. The molecule has 4 rings (SSSR count). The number of hydrogen-bond donors (Lipinski definition) is 0. The highest BCUT2D eigenvalue weighted by molar-refractivity contribution is 5.88. The van der Waals surface area contributed by atoms with E-state index >= 15 is 0 Å². The second kappa shape index (κ2) is 4.53. The summed E-state index contributed by atoms with van der Waals surface area (Å²) in [6, 6.07) is 8.85. The van der Waals surface area contributed by atoms with Gasteiger partial charge >= 0.3 is 0 Å². The first-order valence-corrected chi connectivity index (χ1v) is 7.25. The Balaban J connectivity index is 1.62. The fourth-order valence-corrected chi connectivity index (χ4v) is 3.45. The molecule has 4 nitrogen and oxygen atoms in total. The van der Waals surface area contributed by atoms with Crippen LogP contribution in [-0.4, -0.2) is 42.3 Å². The summed E-state index contributed by atoms with van der Waals surface area (Å²) in [7, 11) is 0. The van der Waals surface area contributed by atoms with Gasteiger partial charge in [-0.2, -0.15) is 0 Å². The summed E-state index contributed by atoms with van der Waals surface area (Å²) < 4.78 is 5.43. The molecule has 2 aromatic rings. The third kappa shape index (κ3) is 1.91. The van der Waals surface area contributed by atoms with E-state index in [1.807, 2.05) is 12.1 Å². The van der Waals surface area contributed by atoms with Gasteiger partial charge in [-0.25, -0.2) is 0 Å². The highest BCUT2D eigenvalue weighted by atomic mass is 16.5. The number of aromatic nitrogens is 1. The van der Waals surface area contributed by atoms with Gasteiger partial charge in [0.1, 0.15) is 0 Å². The topological polar surface area (TPSA) is 32.5 Å². The van der Waals surface area contributed by atoms with E-state index in [1.54, 1.807) is 0 Å². The summed E-state index contributed by atoms with van der Waals surface area (Å²) in [5.74, 6) is 1.03. The van der Waals surface area contributed by atoms with Gasteiger partial charge in [0, 0.05) is 25.7 Å². The molecule has 2 fully saturated rings. The van der Waals surface area contributed by atoms with Crippen molar-refractivity contribution in [3.05, 3.63) is 24.3 Å². The van der Waals surface area contributed by atoms with Crippen LogP contribution in [0.15, 0.2) is 28.8 Å². The molecule has 0 bridgehead atoms. The molecule has 4 heteroatoms. The van der Waals surface area contributed by atoms with E-state index in [9.17, 15) is 0 Å². The molecule has 0 unspecified atom stereocenters. The second-order valence-electron chi connectivity index (χ2n) is 5.63. The number of anilines is 1. The van der Waals surface area contributed by atoms with Crippen molar-refractivity contribution in [2.45, 2.75) is 25.3 Å². The molecule has 2 aliphatic heterocycles. The van der Waals surface area contributed by atoms with E-state index in [-0.39, 0.29) is 0 Å². The van der Waals surface area contributed by atoms with E-state index in [0.29, 0.717) is 6.04 Å². The van der Waals surface area contributed by atoms with Crippen molar-refractivity contribution in [1.82, 2.24) is 10.1 Å². The van der Waals surface area contributed by atoms with Crippen molar-refractivity contribution < 1.29 is 4.52 Å². The maximum atomic E-state index is 5.43. The maximum absolute atomic E-state index is 5.43. The largest absolute Gasteiger partial charge is 0.354 e. The Labute approximate surface area is 113 Å². The summed E-state index contributed by atoms with van der Waals surface area (Å²) in [5, 5.41) is 5.43. The van der Waals surface area contributed by atoms with E-state index in [0.717, 1.165) is 36.4 Å². The molecular weight excluding hydrogens is 238 g/mol. The average Bonchev–Trinajstić information content (AvgIpc) is 2.91. The minimum atomic E-state index is 0.706. The highest BCUT2D eigenvalue weighted by Crippen LogP contribution is 2.29. The molecule has 0 N–H and O–H groups in total. The third-order valence-electron chi connectivity index (χ3n) is 4.50. The zero-order chi connectivity index (χ0) is 12.7. The minimum Gasteiger partial charge on any atom is -0.354 e. The van der Waals surface area contributed by atoms with Gasteiger partial charge in [0.25, 0.3) is 0 Å². The van der Waals surface area contributed by atoms with Gasteiger partial charge in [-0.15, -0.1) is 0 Å². The Hall–Kier alpha value is -1.55. The predicted octanol–water partition coefficient (Wildman–Crippen LogP) is 2.50. The van der Waals surface area contributed by atoms with Crippen LogP contribution in [0.2, 0.25) is 0 Å². The lowest BCUT2D eigenvalue weighted by atomic mass is 9.99. The zero-order valence-corrected chi connectivity index (χ0v) is 11.1. The molecular formula is C15H19N3O. The van der Waals surface area contributed by atoms with Gasteiger partial charge < -0.3 is 9.42 Å². The Morgan fingerprint density at radius 1 is 1.11 bits per heavy atom. The summed E-state index contributed by atoms with van der Waals surface area (Å²) in [6.45, 7) is 4.59. The van der Waals surface area contributed by atoms with Gasteiger partial charge in [-0.3, -0.25) is 4.90 Å². The van der Waals surface area contributed by atoms with Gasteiger partial charge in [0.05, 0.1) is 5.39 Å². The monoisotopic (exact) mass is 257 g/mol. The predicted molar refractivity (Wildman–Crippen MR) is 75.4 cm³/mol. The van der Waals surface area contributed by atoms with E-state index in [1.165, 1.54) is 25.8 Å². The Morgan fingerprint density at radius 2 is 2.05 bits per heavy atom. The smallest absolute Gasteiger partial charge is 0.180 e. The van der Waals surface area contributed by atoms with Gasteiger partial charge in [0.2, 0.25) is 0 Å². The van der Waals surface area contributed by atoms with Crippen LogP contribution in [-0.2, 0) is 0 Å². The minimum absolute atomic E-state index is 0.706. The van der Waals surface area contributed by atoms with Crippen molar-refractivity contribution in [1.29, 1.82) is 0 Å². The van der Waals surface area contributed by atoms with Crippen molar-refractivity contribution in [2.24, 2.45) is 0 Å². The fraction of sp³-hybridized carbons (Fsp3) is 0.533. The number of benzene rings is 1. The number of fused-ring (bicyclic) bond motifs is 2. The summed E-state index contributed by atoms with van der Waals surface area (Å²) in [5.41, 5.74) is 0.892. The SMILES string of the molecule is c1ccc2c(N3CCN4CCCC[C@H]4C3)noc2c1. The molecule has 0 spiro atoms. The summed E-state index contributed by atoms with van der Waals surface area (Å²) >= 11 is 0. The Bertz CT molecular complexity index is 580. The van der Waals surface area contributed by atoms with Crippen LogP contribution in [0, 0.1) is 0 Å². The van der Waals surface area contributed by atoms with Crippen molar-refractivity contribution in [2.75, 3.05) is 31.1 Å². The summed E-state index contributed by atoms with van der Waals surface area (Å²) in [6.07, 6.45) is 4.06. The molecule has 1 aromatic heterocycles. The van der Waals surface area contributed by atoms with E-state index in [4.69, 9.17) is 4.52 Å². The Kier molecular flexibility index (Phi) is 2.69. The number of para-hydroxylation sites is 1. The van der Waals surface area contributed by atoms with Crippen LogP contribution in [0.4, 0.5) is 5.82 Å². The molecule has 0 radical (unpaired) electrons. The maximum Gasteiger partial charge on any atom is 0.180 e. The number of nitrogens with zero attached hydrogens (tertiary/aromatic N) is 3. The van der Waals surface area contributed by atoms with Crippen LogP contribution >= 0.6 is 0 Å². The van der Waals surface area contributed by atoms with E-state index < -0.39 is 0 Å². The van der Waals surface area contributed by atoms with Gasteiger partial charge in [-0.1, -0.05) is 23.7 Å².